The number of furan rings is 1. The summed E-state index contributed by atoms with van der Waals surface area (Å²) in [6.07, 6.45) is 3.81. The molecule has 0 aliphatic carbocycles. The number of amides is 2. The summed E-state index contributed by atoms with van der Waals surface area (Å²) < 4.78 is 5.48. The number of hydrogen-bond acceptors (Lipinski definition) is 6. The summed E-state index contributed by atoms with van der Waals surface area (Å²) in [7, 11) is 0. The Balaban J connectivity index is 1.43. The summed E-state index contributed by atoms with van der Waals surface area (Å²) in [5, 5.41) is 10.3. The summed E-state index contributed by atoms with van der Waals surface area (Å²) in [6, 6.07) is 10.8. The van der Waals surface area contributed by atoms with E-state index in [-0.39, 0.29) is 30.0 Å². The van der Waals surface area contributed by atoms with Crippen LogP contribution in [0, 0.1) is 6.92 Å². The first-order chi connectivity index (χ1) is 14.5. The van der Waals surface area contributed by atoms with Gasteiger partial charge in [-0.15, -0.1) is 5.10 Å². The molecule has 0 bridgehead atoms. The van der Waals surface area contributed by atoms with E-state index in [0.717, 1.165) is 11.5 Å². The molecule has 0 saturated heterocycles. The number of aromatic amines is 1. The van der Waals surface area contributed by atoms with Gasteiger partial charge in [-0.3, -0.25) is 14.7 Å². The van der Waals surface area contributed by atoms with Gasteiger partial charge in [0.15, 0.2) is 0 Å². The highest BCUT2D eigenvalue weighted by molar-refractivity contribution is 7.99. The number of nitrogens with zero attached hydrogens (tertiary/aromatic N) is 3. The van der Waals surface area contributed by atoms with Crippen molar-refractivity contribution in [1.29, 1.82) is 0 Å². The highest BCUT2D eigenvalue weighted by Crippen LogP contribution is 2.32. The van der Waals surface area contributed by atoms with Crippen molar-refractivity contribution in [3.05, 3.63) is 53.7 Å². The minimum Gasteiger partial charge on any atom is -0.462 e. The Morgan fingerprint density at radius 2 is 2.13 bits per heavy atom. The zero-order valence-electron chi connectivity index (χ0n) is 16.6. The molecule has 2 N–H and O–H groups in total. The molecule has 4 rings (SSSR count). The number of thioether (sulfide) groups is 1. The molecule has 1 aliphatic rings. The predicted molar refractivity (Wildman–Crippen MR) is 116 cm³/mol. The van der Waals surface area contributed by atoms with Crippen molar-refractivity contribution in [3.8, 4) is 0 Å². The van der Waals surface area contributed by atoms with E-state index in [1.165, 1.54) is 11.8 Å². The fourth-order valence-electron chi connectivity index (χ4n) is 3.26. The predicted octanol–water partition coefficient (Wildman–Crippen LogP) is 3.73. The van der Waals surface area contributed by atoms with Gasteiger partial charge in [-0.2, -0.15) is 0 Å². The first kappa shape index (κ1) is 20.0. The lowest BCUT2D eigenvalue weighted by atomic mass is 10.2. The molecule has 0 spiro atoms. The lowest BCUT2D eigenvalue weighted by Crippen LogP contribution is -2.40. The standard InChI is InChI=1S/C21H21N5O3S/c1-13-11-19(27)22-16-5-3-4-6-17(16)26(13)20(28)12-30-21-23-18(24-25-21)10-9-15-8-7-14(2)29-15/h3-10,13H,11-12H2,1-2H3,(H,22,27)(H,23,24,25). The van der Waals surface area contributed by atoms with Gasteiger partial charge >= 0.3 is 0 Å². The molecule has 3 heterocycles. The van der Waals surface area contributed by atoms with Gasteiger partial charge in [0.25, 0.3) is 0 Å². The fraction of sp³-hybridized carbons (Fsp3) is 0.238. The highest BCUT2D eigenvalue weighted by Gasteiger charge is 2.29. The normalized spacial score (nSPS) is 16.4. The minimum atomic E-state index is -0.246. The molecule has 1 atom stereocenters. The van der Waals surface area contributed by atoms with Crippen molar-refractivity contribution < 1.29 is 14.0 Å². The van der Waals surface area contributed by atoms with Gasteiger partial charge in [-0.05, 0) is 50.3 Å². The van der Waals surface area contributed by atoms with Crippen LogP contribution < -0.4 is 10.2 Å². The largest absolute Gasteiger partial charge is 0.462 e. The number of carbonyl (C=O) groups is 2. The third kappa shape index (κ3) is 4.46. The average Bonchev–Trinajstić information content (AvgIpc) is 3.31. The molecule has 3 aromatic rings. The van der Waals surface area contributed by atoms with Crippen molar-refractivity contribution >= 4 is 47.1 Å². The molecule has 0 saturated carbocycles. The number of benzene rings is 1. The summed E-state index contributed by atoms with van der Waals surface area (Å²) in [6.45, 7) is 3.75. The van der Waals surface area contributed by atoms with Crippen LogP contribution in [0.4, 0.5) is 11.4 Å². The van der Waals surface area contributed by atoms with Crippen LogP contribution in [-0.4, -0.2) is 38.8 Å². The molecule has 30 heavy (non-hydrogen) atoms. The Hall–Kier alpha value is -3.33. The second-order valence-corrected chi connectivity index (χ2v) is 7.90. The van der Waals surface area contributed by atoms with Gasteiger partial charge in [0.1, 0.15) is 17.3 Å². The van der Waals surface area contributed by atoms with E-state index in [4.69, 9.17) is 4.42 Å². The third-order valence-corrected chi connectivity index (χ3v) is 5.43. The Kier molecular flexibility index (Phi) is 5.71. The molecular weight excluding hydrogens is 402 g/mol. The van der Waals surface area contributed by atoms with Crippen LogP contribution in [0.5, 0.6) is 0 Å². The van der Waals surface area contributed by atoms with E-state index in [9.17, 15) is 9.59 Å². The van der Waals surface area contributed by atoms with Crippen molar-refractivity contribution in [2.24, 2.45) is 0 Å². The topological polar surface area (TPSA) is 104 Å². The summed E-state index contributed by atoms with van der Waals surface area (Å²) in [5.74, 6) is 2.08. The number of para-hydroxylation sites is 2. The maximum absolute atomic E-state index is 13.0. The summed E-state index contributed by atoms with van der Waals surface area (Å²) in [4.78, 5) is 31.1. The number of anilines is 2. The molecule has 8 nitrogen and oxygen atoms in total. The number of rotatable bonds is 5. The van der Waals surface area contributed by atoms with Crippen molar-refractivity contribution in [3.63, 3.8) is 0 Å². The Morgan fingerprint density at radius 1 is 1.30 bits per heavy atom. The second-order valence-electron chi connectivity index (χ2n) is 6.96. The number of aromatic nitrogens is 3. The average molecular weight is 423 g/mol. The lowest BCUT2D eigenvalue weighted by Gasteiger charge is -2.27. The minimum absolute atomic E-state index is 0.102. The van der Waals surface area contributed by atoms with Crippen LogP contribution in [0.15, 0.2) is 46.0 Å². The van der Waals surface area contributed by atoms with Gasteiger partial charge in [-0.25, -0.2) is 4.98 Å². The van der Waals surface area contributed by atoms with Gasteiger partial charge in [0.2, 0.25) is 17.0 Å². The van der Waals surface area contributed by atoms with Crippen LogP contribution in [0.3, 0.4) is 0 Å². The number of aryl methyl sites for hydroxylation is 1. The van der Waals surface area contributed by atoms with Crippen LogP contribution >= 0.6 is 11.8 Å². The molecule has 154 valence electrons. The number of H-pyrrole nitrogens is 1. The first-order valence-corrected chi connectivity index (χ1v) is 10.5. The van der Waals surface area contributed by atoms with Gasteiger partial charge < -0.3 is 14.6 Å². The fourth-order valence-corrected chi connectivity index (χ4v) is 3.93. The summed E-state index contributed by atoms with van der Waals surface area (Å²) >= 11 is 1.25. The van der Waals surface area contributed by atoms with Crippen LogP contribution in [-0.2, 0) is 9.59 Å². The van der Waals surface area contributed by atoms with E-state index in [0.29, 0.717) is 22.4 Å². The number of hydrogen-bond donors (Lipinski definition) is 2. The molecule has 1 aromatic carbocycles. The first-order valence-electron chi connectivity index (χ1n) is 9.50. The van der Waals surface area contributed by atoms with E-state index in [2.05, 4.69) is 20.5 Å². The molecule has 0 radical (unpaired) electrons. The zero-order valence-corrected chi connectivity index (χ0v) is 17.4. The summed E-state index contributed by atoms with van der Waals surface area (Å²) in [5.41, 5.74) is 1.34. The molecule has 2 aromatic heterocycles. The van der Waals surface area contributed by atoms with Gasteiger partial charge in [0, 0.05) is 12.5 Å². The van der Waals surface area contributed by atoms with Crippen molar-refractivity contribution in [1.82, 2.24) is 15.2 Å². The second kappa shape index (κ2) is 8.58. The zero-order chi connectivity index (χ0) is 21.1. The maximum Gasteiger partial charge on any atom is 0.237 e. The Bertz CT molecular complexity index is 1100. The van der Waals surface area contributed by atoms with Gasteiger partial charge in [-0.1, -0.05) is 23.9 Å². The van der Waals surface area contributed by atoms with E-state index in [1.54, 1.807) is 23.1 Å². The van der Waals surface area contributed by atoms with Crippen LogP contribution in [0.25, 0.3) is 12.2 Å². The van der Waals surface area contributed by atoms with Crippen LogP contribution in [0.2, 0.25) is 0 Å². The molecule has 2 amide bonds. The quantitative estimate of drug-likeness (QED) is 0.606. The van der Waals surface area contributed by atoms with Crippen molar-refractivity contribution in [2.45, 2.75) is 31.5 Å². The van der Waals surface area contributed by atoms with Crippen molar-refractivity contribution in [2.75, 3.05) is 16.0 Å². The molecule has 1 unspecified atom stereocenters. The number of fused-ring (bicyclic) bond motifs is 1. The monoisotopic (exact) mass is 423 g/mol. The third-order valence-electron chi connectivity index (χ3n) is 4.60. The molecule has 1 aliphatic heterocycles. The molecule has 9 heteroatoms. The van der Waals surface area contributed by atoms with E-state index < -0.39 is 0 Å². The molecular formula is C21H21N5O3S. The highest BCUT2D eigenvalue weighted by atomic mass is 32.2. The smallest absolute Gasteiger partial charge is 0.237 e. The maximum atomic E-state index is 13.0. The lowest BCUT2D eigenvalue weighted by molar-refractivity contribution is -0.117. The Labute approximate surface area is 177 Å². The van der Waals surface area contributed by atoms with Gasteiger partial charge in [0.05, 0.1) is 17.1 Å². The number of carbonyl (C=O) groups excluding carboxylic acids is 2. The molecule has 0 fully saturated rings. The number of nitrogens with one attached hydrogen (secondary N) is 2. The Morgan fingerprint density at radius 3 is 2.93 bits per heavy atom. The van der Waals surface area contributed by atoms with E-state index in [1.807, 2.05) is 44.2 Å². The van der Waals surface area contributed by atoms with E-state index >= 15 is 0 Å². The SMILES string of the molecule is Cc1ccc(C=Cc2nc(SCC(=O)N3c4ccccc4NC(=O)CC3C)n[nH]2)o1. The van der Waals surface area contributed by atoms with Crippen LogP contribution in [0.1, 0.15) is 30.7 Å².